The van der Waals surface area contributed by atoms with Crippen molar-refractivity contribution < 1.29 is 8.42 Å². The molecule has 0 saturated carbocycles. The lowest BCUT2D eigenvalue weighted by atomic mass is 10.1. The molecule has 0 saturated heterocycles. The number of imidazole rings is 1. The summed E-state index contributed by atoms with van der Waals surface area (Å²) in [7, 11) is 2.15. The van der Waals surface area contributed by atoms with Crippen LogP contribution in [0.5, 0.6) is 0 Å². The lowest BCUT2D eigenvalue weighted by Crippen LogP contribution is -2.23. The molecule has 0 aliphatic heterocycles. The molecule has 0 spiro atoms. The molecule has 5 rings (SSSR count). The Bertz CT molecular complexity index is 1710. The van der Waals surface area contributed by atoms with Crippen molar-refractivity contribution in [1.29, 1.82) is 0 Å². The van der Waals surface area contributed by atoms with Crippen molar-refractivity contribution in [3.8, 4) is 0 Å². The van der Waals surface area contributed by atoms with Crippen molar-refractivity contribution in [2.75, 3.05) is 35.4 Å². The Kier molecular flexibility index (Phi) is 9.43. The third-order valence-electron chi connectivity index (χ3n) is 6.71. The molecule has 0 unspecified atom stereocenters. The number of hydrogen-bond acceptors (Lipinski definition) is 8. The third-order valence-corrected chi connectivity index (χ3v) is 8.07. The largest absolute Gasteiger partial charge is 0.352 e. The molecule has 0 aliphatic rings. The fraction of sp³-hybridized carbons (Fsp3) is 0.207. The molecule has 12 heteroatoms. The quantitative estimate of drug-likeness (QED) is 0.196. The van der Waals surface area contributed by atoms with Crippen LogP contribution in [0.1, 0.15) is 11.1 Å². The van der Waals surface area contributed by atoms with Gasteiger partial charge in [0.25, 0.3) is 0 Å². The van der Waals surface area contributed by atoms with E-state index in [1.165, 1.54) is 12.6 Å². The Balaban J connectivity index is 0.00000387. The molecule has 3 N–H and O–H groups in total. The minimum absolute atomic E-state index is 0. The number of hydrogen-bond donors (Lipinski definition) is 3. The summed E-state index contributed by atoms with van der Waals surface area (Å²) >= 11 is 0. The summed E-state index contributed by atoms with van der Waals surface area (Å²) in [5, 5.41) is 6.65. The van der Waals surface area contributed by atoms with E-state index in [0.717, 1.165) is 39.7 Å². The van der Waals surface area contributed by atoms with E-state index in [4.69, 9.17) is 9.97 Å². The van der Waals surface area contributed by atoms with Crippen molar-refractivity contribution in [2.24, 2.45) is 7.05 Å². The average Bonchev–Trinajstić information content (AvgIpc) is 3.30. The number of rotatable bonds is 11. The Hall–Kier alpha value is -4.19. The molecule has 5 aromatic rings. The van der Waals surface area contributed by atoms with Crippen molar-refractivity contribution in [3.63, 3.8) is 0 Å². The van der Waals surface area contributed by atoms with Crippen LogP contribution in [-0.4, -0.2) is 47.8 Å². The number of fused-ring (bicyclic) bond motifs is 1. The van der Waals surface area contributed by atoms with Crippen LogP contribution in [0.3, 0.4) is 0 Å². The van der Waals surface area contributed by atoms with Crippen LogP contribution in [0.4, 0.5) is 29.1 Å². The standard InChI is InChI=1S/C29H32N8O2S.ClH/c1-30-40(38,39)18-16-21-9-11-23(12-10-21)33-28-31-17-15-27(35-28)36(2)24-13-14-26-25(19-24)34-29(37(26)3)32-20-22-7-5-4-6-8-22;/h4-15,17,19,30H,16,18,20H2,1-3H3,(H,32,34)(H,31,33,35);1H. The van der Waals surface area contributed by atoms with Crippen LogP contribution in [0.15, 0.2) is 85.1 Å². The molecule has 0 fully saturated rings. The van der Waals surface area contributed by atoms with E-state index in [2.05, 4.69) is 43.1 Å². The first-order valence-corrected chi connectivity index (χ1v) is 14.5. The Morgan fingerprint density at radius 1 is 0.927 bits per heavy atom. The number of nitrogens with zero attached hydrogens (tertiary/aromatic N) is 5. The number of sulfonamides is 1. The Morgan fingerprint density at radius 2 is 1.68 bits per heavy atom. The van der Waals surface area contributed by atoms with Gasteiger partial charge in [-0.2, -0.15) is 4.98 Å². The molecule has 0 bridgehead atoms. The fourth-order valence-electron chi connectivity index (χ4n) is 4.30. The summed E-state index contributed by atoms with van der Waals surface area (Å²) in [6, 6.07) is 25.8. The average molecular weight is 593 g/mol. The number of aromatic nitrogens is 4. The van der Waals surface area contributed by atoms with Crippen LogP contribution in [-0.2, 0) is 30.0 Å². The Labute approximate surface area is 246 Å². The van der Waals surface area contributed by atoms with Gasteiger partial charge >= 0.3 is 0 Å². The first-order chi connectivity index (χ1) is 19.3. The SMILES string of the molecule is CNS(=O)(=O)CCc1ccc(Nc2nccc(N(C)c3ccc4c(c3)nc(NCc3ccccc3)n4C)n2)cc1.Cl. The summed E-state index contributed by atoms with van der Waals surface area (Å²) in [6.07, 6.45) is 2.15. The molecular formula is C29H33ClN8O2S. The van der Waals surface area contributed by atoms with E-state index in [1.807, 2.05) is 79.7 Å². The van der Waals surface area contributed by atoms with Gasteiger partial charge in [0.1, 0.15) is 5.82 Å². The molecular weight excluding hydrogens is 560 g/mol. The molecule has 0 amide bonds. The van der Waals surface area contributed by atoms with Crippen molar-refractivity contribution in [2.45, 2.75) is 13.0 Å². The van der Waals surface area contributed by atoms with E-state index in [0.29, 0.717) is 18.9 Å². The van der Waals surface area contributed by atoms with E-state index >= 15 is 0 Å². The van der Waals surface area contributed by atoms with Gasteiger partial charge in [-0.1, -0.05) is 42.5 Å². The molecule has 214 valence electrons. The van der Waals surface area contributed by atoms with E-state index < -0.39 is 10.0 Å². The third kappa shape index (κ3) is 7.31. The smallest absolute Gasteiger partial charge is 0.229 e. The minimum Gasteiger partial charge on any atom is -0.352 e. The van der Waals surface area contributed by atoms with Crippen LogP contribution < -0.4 is 20.3 Å². The zero-order chi connectivity index (χ0) is 28.1. The lowest BCUT2D eigenvalue weighted by Gasteiger charge is -2.19. The summed E-state index contributed by atoms with van der Waals surface area (Å²) in [6.45, 7) is 0.697. The minimum atomic E-state index is -3.24. The maximum absolute atomic E-state index is 11.7. The molecule has 10 nitrogen and oxygen atoms in total. The second kappa shape index (κ2) is 13.0. The van der Waals surface area contributed by atoms with Crippen molar-refractivity contribution in [1.82, 2.24) is 24.2 Å². The molecule has 0 atom stereocenters. The van der Waals surface area contributed by atoms with Crippen molar-refractivity contribution in [3.05, 3.63) is 96.2 Å². The highest BCUT2D eigenvalue weighted by atomic mass is 35.5. The molecule has 41 heavy (non-hydrogen) atoms. The molecule has 0 aliphatic carbocycles. The predicted molar refractivity (Wildman–Crippen MR) is 168 cm³/mol. The summed E-state index contributed by atoms with van der Waals surface area (Å²) in [4.78, 5) is 15.9. The zero-order valence-electron chi connectivity index (χ0n) is 23.1. The second-order valence-electron chi connectivity index (χ2n) is 9.40. The summed E-state index contributed by atoms with van der Waals surface area (Å²) in [5.41, 5.74) is 5.81. The second-order valence-corrected chi connectivity index (χ2v) is 11.4. The van der Waals surface area contributed by atoms with Gasteiger partial charge in [0.2, 0.25) is 21.9 Å². The van der Waals surface area contributed by atoms with E-state index in [-0.39, 0.29) is 18.2 Å². The predicted octanol–water partition coefficient (Wildman–Crippen LogP) is 5.00. The lowest BCUT2D eigenvalue weighted by molar-refractivity contribution is 0.587. The van der Waals surface area contributed by atoms with Gasteiger partial charge in [0, 0.05) is 38.2 Å². The maximum Gasteiger partial charge on any atom is 0.229 e. The molecule has 2 heterocycles. The monoisotopic (exact) mass is 592 g/mol. The highest BCUT2D eigenvalue weighted by Crippen LogP contribution is 2.28. The topological polar surface area (TPSA) is 117 Å². The van der Waals surface area contributed by atoms with E-state index in [9.17, 15) is 8.42 Å². The number of halogens is 1. The number of benzene rings is 3. The first-order valence-electron chi connectivity index (χ1n) is 12.9. The number of nitrogens with one attached hydrogen (secondary N) is 3. The van der Waals surface area contributed by atoms with Gasteiger partial charge in [0.05, 0.1) is 16.8 Å². The van der Waals surface area contributed by atoms with Crippen molar-refractivity contribution >= 4 is 62.6 Å². The van der Waals surface area contributed by atoms with Gasteiger partial charge < -0.3 is 20.1 Å². The van der Waals surface area contributed by atoms with Crippen LogP contribution >= 0.6 is 12.4 Å². The van der Waals surface area contributed by atoms with Crippen LogP contribution in [0, 0.1) is 0 Å². The zero-order valence-corrected chi connectivity index (χ0v) is 24.7. The molecule has 3 aromatic carbocycles. The Morgan fingerprint density at radius 3 is 2.41 bits per heavy atom. The summed E-state index contributed by atoms with van der Waals surface area (Å²) < 4.78 is 27.7. The summed E-state index contributed by atoms with van der Waals surface area (Å²) in [5.74, 6) is 2.04. The number of aryl methyl sites for hydroxylation is 2. The van der Waals surface area contributed by atoms with Gasteiger partial charge in [-0.25, -0.2) is 23.1 Å². The highest BCUT2D eigenvalue weighted by molar-refractivity contribution is 7.89. The fourth-order valence-corrected chi connectivity index (χ4v) is 5.01. The molecule has 0 radical (unpaired) electrons. The van der Waals surface area contributed by atoms with Crippen LogP contribution in [0.25, 0.3) is 11.0 Å². The maximum atomic E-state index is 11.7. The van der Waals surface area contributed by atoms with E-state index in [1.54, 1.807) is 6.20 Å². The van der Waals surface area contributed by atoms with Gasteiger partial charge in [-0.3, -0.25) is 0 Å². The van der Waals surface area contributed by atoms with Gasteiger partial charge in [-0.05, 0) is 61.0 Å². The molecule has 2 aromatic heterocycles. The highest BCUT2D eigenvalue weighted by Gasteiger charge is 2.13. The van der Waals surface area contributed by atoms with Crippen LogP contribution in [0.2, 0.25) is 0 Å². The first kappa shape index (κ1) is 29.8. The number of anilines is 5. The normalized spacial score (nSPS) is 11.2. The van der Waals surface area contributed by atoms with Gasteiger partial charge in [-0.15, -0.1) is 12.4 Å². The van der Waals surface area contributed by atoms with Gasteiger partial charge in [0.15, 0.2) is 0 Å².